The fraction of sp³-hybridized carbons (Fsp3) is 0.513. The number of rotatable bonds is 7. The van der Waals surface area contributed by atoms with E-state index in [1.165, 1.54) is 6.07 Å². The molecule has 0 aromatic heterocycles. The van der Waals surface area contributed by atoms with Gasteiger partial charge in [-0.15, -0.1) is 0 Å². The van der Waals surface area contributed by atoms with Gasteiger partial charge in [0.2, 0.25) is 0 Å². The second kappa shape index (κ2) is 14.7. The van der Waals surface area contributed by atoms with E-state index in [4.69, 9.17) is 9.47 Å². The first-order chi connectivity index (χ1) is 23.2. The number of aromatic hydroxyl groups is 1. The van der Waals surface area contributed by atoms with Crippen molar-refractivity contribution < 1.29 is 39.2 Å². The minimum Gasteiger partial charge on any atom is -0.508 e. The molecule has 9 nitrogen and oxygen atoms in total. The topological polar surface area (TPSA) is 142 Å². The van der Waals surface area contributed by atoms with Crippen LogP contribution in [-0.4, -0.2) is 57.8 Å². The largest absolute Gasteiger partial charge is 0.508 e. The van der Waals surface area contributed by atoms with E-state index in [0.717, 1.165) is 18.5 Å². The molecule has 2 saturated carbocycles. The number of benzene rings is 2. The van der Waals surface area contributed by atoms with Gasteiger partial charge in [-0.2, -0.15) is 0 Å². The summed E-state index contributed by atoms with van der Waals surface area (Å²) in [6.45, 7) is 3.30. The Morgan fingerprint density at radius 3 is 2.69 bits per heavy atom. The lowest BCUT2D eigenvalue weighted by atomic mass is 9.60. The van der Waals surface area contributed by atoms with Crippen LogP contribution in [-0.2, 0) is 32.1 Å². The molecule has 0 radical (unpaired) electrons. The molecule has 4 N–H and O–H groups in total. The van der Waals surface area contributed by atoms with E-state index in [1.54, 1.807) is 6.07 Å². The van der Waals surface area contributed by atoms with Crippen LogP contribution in [0.5, 0.6) is 11.5 Å². The lowest BCUT2D eigenvalue weighted by molar-refractivity contribution is -0.187. The van der Waals surface area contributed by atoms with Crippen LogP contribution in [0.15, 0.2) is 48.0 Å². The van der Waals surface area contributed by atoms with Crippen molar-refractivity contribution in [3.05, 3.63) is 70.3 Å². The van der Waals surface area contributed by atoms with Gasteiger partial charge >= 0.3 is 11.9 Å². The lowest BCUT2D eigenvalue weighted by Crippen LogP contribution is -2.57. The number of ketones is 1. The van der Waals surface area contributed by atoms with Gasteiger partial charge < -0.3 is 30.1 Å². The molecule has 48 heavy (non-hydrogen) atoms. The molecule has 2 aromatic rings. The molecule has 254 valence electrons. The third-order valence-corrected chi connectivity index (χ3v) is 10.6. The van der Waals surface area contributed by atoms with Crippen LogP contribution >= 0.6 is 0 Å². The number of aliphatic hydroxyl groups excluding tert-OH is 1. The number of phenols is 1. The van der Waals surface area contributed by atoms with Gasteiger partial charge in [0.15, 0.2) is 0 Å². The van der Waals surface area contributed by atoms with Crippen molar-refractivity contribution in [1.82, 2.24) is 5.32 Å². The van der Waals surface area contributed by atoms with E-state index in [1.807, 2.05) is 37.3 Å². The number of nitrogens with one attached hydrogen (secondary N) is 1. The normalized spacial score (nSPS) is 29.7. The van der Waals surface area contributed by atoms with Gasteiger partial charge in [0, 0.05) is 42.4 Å². The molecule has 0 amide bonds. The highest BCUT2D eigenvalue weighted by Gasteiger charge is 2.52. The Bertz CT molecular complexity index is 1650. The van der Waals surface area contributed by atoms with Crippen molar-refractivity contribution in [3.8, 4) is 23.3 Å². The summed E-state index contributed by atoms with van der Waals surface area (Å²) in [5.74, 6) is 4.75. The number of cyclic esters (lactones) is 1. The molecule has 6 rings (SSSR count). The Hall–Kier alpha value is -3.97. The second-order valence-corrected chi connectivity index (χ2v) is 13.7. The first-order valence-electron chi connectivity index (χ1n) is 17.3. The summed E-state index contributed by atoms with van der Waals surface area (Å²) in [6, 6.07) is 10.6. The fourth-order valence-electron chi connectivity index (χ4n) is 8.09. The molecule has 6 unspecified atom stereocenters. The molecule has 0 saturated heterocycles. The van der Waals surface area contributed by atoms with Crippen LogP contribution in [0, 0.1) is 23.7 Å². The Morgan fingerprint density at radius 1 is 1.04 bits per heavy atom. The third kappa shape index (κ3) is 7.21. The van der Waals surface area contributed by atoms with E-state index in [-0.39, 0.29) is 55.0 Å². The van der Waals surface area contributed by atoms with Crippen molar-refractivity contribution >= 4 is 17.7 Å². The highest BCUT2D eigenvalue weighted by molar-refractivity contribution is 5.89. The standard InChI is InChI=1S/C39H45NO8/c1-2-40-15-5-9-29-17-26(25-7-3-6-24(16-25)23-41)10-11-27-21-37(44)47-35-22-34(43)30(19-32(27)35)20-36(48-38(29)45)39(46)14-4-8-28-18-31(42)12-13-33(28)39/h3,6-7,9,16,19,22,26-28,33,36,40-41,43,46H,2,4-5,8,12-15,17-18,20-21,23H2,1H3. The van der Waals surface area contributed by atoms with Crippen molar-refractivity contribution in [2.24, 2.45) is 11.8 Å². The van der Waals surface area contributed by atoms with E-state index < -0.39 is 35.5 Å². The number of phenolic OH excluding ortho intramolecular Hbond substituents is 1. The molecular formula is C39H45NO8. The van der Waals surface area contributed by atoms with Gasteiger partial charge in [-0.1, -0.05) is 55.5 Å². The summed E-state index contributed by atoms with van der Waals surface area (Å²) in [5.41, 5.74) is 1.65. The maximum Gasteiger partial charge on any atom is 0.334 e. The molecule has 2 fully saturated rings. The number of carbonyl (C=O) groups excluding carboxylic acids is 3. The molecule has 2 aliphatic heterocycles. The molecule has 6 atom stereocenters. The van der Waals surface area contributed by atoms with E-state index in [2.05, 4.69) is 17.2 Å². The van der Waals surface area contributed by atoms with Crippen LogP contribution in [0.25, 0.3) is 0 Å². The third-order valence-electron chi connectivity index (χ3n) is 10.6. The van der Waals surface area contributed by atoms with E-state index in [0.29, 0.717) is 67.3 Å². The maximum atomic E-state index is 14.3. The lowest BCUT2D eigenvalue weighted by Gasteiger charge is -2.50. The molecule has 0 spiro atoms. The Labute approximate surface area is 281 Å². The Morgan fingerprint density at radius 2 is 1.88 bits per heavy atom. The van der Waals surface area contributed by atoms with Gasteiger partial charge in [-0.05, 0) is 79.8 Å². The SMILES string of the molecule is CCNCCC=C1CC(c2cccc(CO)c2)C#CC2CC(=O)Oc3cc(O)c(cc32)CC(C2(O)CCCC3CC(=O)CCC32)OC1=O. The number of carbonyl (C=O) groups is 3. The zero-order valence-corrected chi connectivity index (χ0v) is 27.5. The molecule has 2 bridgehead atoms. The number of aliphatic hydroxyl groups is 2. The Kier molecular flexibility index (Phi) is 10.4. The van der Waals surface area contributed by atoms with Gasteiger partial charge in [0.25, 0.3) is 0 Å². The summed E-state index contributed by atoms with van der Waals surface area (Å²) in [4.78, 5) is 39.4. The average molecular weight is 656 g/mol. The van der Waals surface area contributed by atoms with Crippen LogP contribution in [0.4, 0.5) is 0 Å². The first kappa shape index (κ1) is 33.9. The highest BCUT2D eigenvalue weighted by Crippen LogP contribution is 2.49. The second-order valence-electron chi connectivity index (χ2n) is 13.7. The molecule has 2 heterocycles. The summed E-state index contributed by atoms with van der Waals surface area (Å²) >= 11 is 0. The molecule has 2 aromatic carbocycles. The number of fused-ring (bicyclic) bond motifs is 2. The van der Waals surface area contributed by atoms with Crippen LogP contribution in [0.2, 0.25) is 0 Å². The van der Waals surface area contributed by atoms with Gasteiger partial charge in [0.1, 0.15) is 29.0 Å². The summed E-state index contributed by atoms with van der Waals surface area (Å²) in [5, 5.41) is 36.9. The van der Waals surface area contributed by atoms with E-state index >= 15 is 0 Å². The highest BCUT2D eigenvalue weighted by atomic mass is 16.6. The zero-order chi connectivity index (χ0) is 33.8. The monoisotopic (exact) mass is 655 g/mol. The first-order valence-corrected chi connectivity index (χ1v) is 17.3. The van der Waals surface area contributed by atoms with Gasteiger partial charge in [0.05, 0.1) is 18.9 Å². The number of hydrogen-bond donors (Lipinski definition) is 4. The number of ether oxygens (including phenoxy) is 2. The molecule has 9 heteroatoms. The van der Waals surface area contributed by atoms with Gasteiger partial charge in [-0.3, -0.25) is 9.59 Å². The Balaban J connectivity index is 1.48. The predicted molar refractivity (Wildman–Crippen MR) is 178 cm³/mol. The molecule has 4 aliphatic rings. The van der Waals surface area contributed by atoms with Crippen molar-refractivity contribution in [1.29, 1.82) is 0 Å². The van der Waals surface area contributed by atoms with Gasteiger partial charge in [-0.25, -0.2) is 4.79 Å². The molecular weight excluding hydrogens is 610 g/mol. The zero-order valence-electron chi connectivity index (χ0n) is 27.5. The quantitative estimate of drug-likeness (QED) is 0.109. The number of esters is 2. The summed E-state index contributed by atoms with van der Waals surface area (Å²) < 4.78 is 11.9. The fourth-order valence-corrected chi connectivity index (χ4v) is 8.09. The summed E-state index contributed by atoms with van der Waals surface area (Å²) in [7, 11) is 0. The smallest absolute Gasteiger partial charge is 0.334 e. The van der Waals surface area contributed by atoms with Crippen LogP contribution < -0.4 is 10.1 Å². The molecule has 2 aliphatic carbocycles. The summed E-state index contributed by atoms with van der Waals surface area (Å²) in [6.07, 6.45) is 4.95. The minimum atomic E-state index is -1.41. The van der Waals surface area contributed by atoms with E-state index in [9.17, 15) is 29.7 Å². The minimum absolute atomic E-state index is 0.000853. The van der Waals surface area contributed by atoms with Crippen molar-refractivity contribution in [2.45, 2.75) is 101 Å². The predicted octanol–water partition coefficient (Wildman–Crippen LogP) is 4.75. The average Bonchev–Trinajstić information content (AvgIpc) is 3.08. The van der Waals surface area contributed by atoms with Crippen molar-refractivity contribution in [3.63, 3.8) is 0 Å². The van der Waals surface area contributed by atoms with Crippen molar-refractivity contribution in [2.75, 3.05) is 13.1 Å². The number of Topliss-reactive ketones (excluding diaryl/α,β-unsaturated/α-hetero) is 1. The maximum absolute atomic E-state index is 14.3. The van der Waals surface area contributed by atoms with Crippen LogP contribution in [0.3, 0.4) is 0 Å². The van der Waals surface area contributed by atoms with Crippen LogP contribution in [0.1, 0.15) is 98.8 Å². The number of hydrogen-bond acceptors (Lipinski definition) is 9.